The zero-order chi connectivity index (χ0) is 8.39. The molecule has 0 aromatic rings. The van der Waals surface area contributed by atoms with Crippen molar-refractivity contribution in [2.24, 2.45) is 0 Å². The predicted octanol–water partition coefficient (Wildman–Crippen LogP) is 1.12. The van der Waals surface area contributed by atoms with Crippen LogP contribution >= 0.6 is 0 Å². The van der Waals surface area contributed by atoms with E-state index in [1.54, 1.807) is 0 Å². The topological polar surface area (TPSA) is 15.3 Å². The van der Waals surface area contributed by atoms with Gasteiger partial charge in [-0.05, 0) is 44.3 Å². The molecule has 2 aliphatic heterocycles. The molecule has 0 aromatic carbocycles. The largest absolute Gasteiger partial charge is 0.387 e. The number of nitrogens with one attached hydrogen (secondary N) is 1. The monoisotopic (exact) mass is 164 g/mol. The first kappa shape index (κ1) is 7.87. The average molecular weight is 164 g/mol. The van der Waals surface area contributed by atoms with Crippen molar-refractivity contribution in [1.82, 2.24) is 10.2 Å². The maximum absolute atomic E-state index is 3.26. The lowest BCUT2D eigenvalue weighted by Gasteiger charge is -2.23. The van der Waals surface area contributed by atoms with Crippen LogP contribution in [0.5, 0.6) is 0 Å². The fraction of sp³-hybridized carbons (Fsp3) is 0.600. The SMILES string of the molecule is CN1CCCC1C1=CC=CNC1. The molecular formula is C10H16N2. The number of nitrogens with zero attached hydrogens (tertiary/aromatic N) is 1. The lowest BCUT2D eigenvalue weighted by Crippen LogP contribution is -2.31. The van der Waals surface area contributed by atoms with Crippen LogP contribution in [0.4, 0.5) is 0 Å². The van der Waals surface area contributed by atoms with E-state index in [4.69, 9.17) is 0 Å². The number of hydrogen-bond donors (Lipinski definition) is 1. The van der Waals surface area contributed by atoms with Crippen molar-refractivity contribution in [2.45, 2.75) is 18.9 Å². The minimum atomic E-state index is 0.697. The van der Waals surface area contributed by atoms with E-state index in [9.17, 15) is 0 Å². The number of allylic oxidation sites excluding steroid dienone is 2. The van der Waals surface area contributed by atoms with Gasteiger partial charge < -0.3 is 5.32 Å². The van der Waals surface area contributed by atoms with Gasteiger partial charge in [-0.1, -0.05) is 6.08 Å². The highest BCUT2D eigenvalue weighted by Gasteiger charge is 2.23. The van der Waals surface area contributed by atoms with Gasteiger partial charge in [-0.25, -0.2) is 0 Å². The van der Waals surface area contributed by atoms with Crippen molar-refractivity contribution in [3.05, 3.63) is 23.9 Å². The van der Waals surface area contributed by atoms with E-state index < -0.39 is 0 Å². The molecule has 0 saturated carbocycles. The normalized spacial score (nSPS) is 30.1. The smallest absolute Gasteiger partial charge is 0.0373 e. The third kappa shape index (κ3) is 1.39. The Kier molecular flexibility index (Phi) is 2.17. The highest BCUT2D eigenvalue weighted by molar-refractivity contribution is 5.24. The van der Waals surface area contributed by atoms with Crippen molar-refractivity contribution < 1.29 is 0 Å². The maximum atomic E-state index is 3.26. The Bertz CT molecular complexity index is 218. The molecule has 2 heterocycles. The number of hydrogen-bond acceptors (Lipinski definition) is 2. The van der Waals surface area contributed by atoms with Crippen LogP contribution in [0.3, 0.4) is 0 Å². The minimum absolute atomic E-state index is 0.697. The maximum Gasteiger partial charge on any atom is 0.0373 e. The summed E-state index contributed by atoms with van der Waals surface area (Å²) in [6.07, 6.45) is 9.05. The van der Waals surface area contributed by atoms with Crippen molar-refractivity contribution in [3.8, 4) is 0 Å². The van der Waals surface area contributed by atoms with Crippen LogP contribution in [0.1, 0.15) is 12.8 Å². The Morgan fingerprint density at radius 2 is 2.50 bits per heavy atom. The van der Waals surface area contributed by atoms with Crippen LogP contribution < -0.4 is 5.32 Å². The molecule has 0 bridgehead atoms. The van der Waals surface area contributed by atoms with Crippen molar-refractivity contribution in [1.29, 1.82) is 0 Å². The van der Waals surface area contributed by atoms with E-state index in [1.807, 2.05) is 6.20 Å². The Morgan fingerprint density at radius 1 is 1.58 bits per heavy atom. The summed E-state index contributed by atoms with van der Waals surface area (Å²) >= 11 is 0. The highest BCUT2D eigenvalue weighted by atomic mass is 15.1. The predicted molar refractivity (Wildman–Crippen MR) is 50.9 cm³/mol. The average Bonchev–Trinajstić information content (AvgIpc) is 2.53. The fourth-order valence-electron chi connectivity index (χ4n) is 2.08. The van der Waals surface area contributed by atoms with E-state index in [2.05, 4.69) is 29.4 Å². The van der Waals surface area contributed by atoms with Crippen LogP contribution in [-0.2, 0) is 0 Å². The van der Waals surface area contributed by atoms with Crippen LogP contribution in [0.15, 0.2) is 23.9 Å². The second kappa shape index (κ2) is 3.31. The molecule has 1 unspecified atom stereocenters. The summed E-state index contributed by atoms with van der Waals surface area (Å²) in [4.78, 5) is 2.45. The lowest BCUT2D eigenvalue weighted by molar-refractivity contribution is 0.341. The molecule has 2 heteroatoms. The summed E-state index contributed by atoms with van der Waals surface area (Å²) in [5, 5.41) is 3.26. The van der Waals surface area contributed by atoms with E-state index in [1.165, 1.54) is 25.0 Å². The molecule has 66 valence electrons. The summed E-state index contributed by atoms with van der Waals surface area (Å²) < 4.78 is 0. The molecule has 0 aromatic heterocycles. The molecule has 1 saturated heterocycles. The molecule has 2 rings (SSSR count). The second-order valence-electron chi connectivity index (χ2n) is 3.62. The number of rotatable bonds is 1. The summed E-state index contributed by atoms with van der Waals surface area (Å²) in [6, 6.07) is 0.697. The Hall–Kier alpha value is -0.760. The molecule has 1 atom stereocenters. The zero-order valence-electron chi connectivity index (χ0n) is 7.59. The van der Waals surface area contributed by atoms with Gasteiger partial charge in [0.15, 0.2) is 0 Å². The molecule has 0 radical (unpaired) electrons. The molecule has 0 aliphatic carbocycles. The molecule has 0 spiro atoms. The fourth-order valence-corrected chi connectivity index (χ4v) is 2.08. The first-order valence-corrected chi connectivity index (χ1v) is 4.67. The molecule has 2 aliphatic rings. The van der Waals surface area contributed by atoms with Crippen molar-refractivity contribution in [3.63, 3.8) is 0 Å². The van der Waals surface area contributed by atoms with Gasteiger partial charge in [0.1, 0.15) is 0 Å². The summed E-state index contributed by atoms with van der Waals surface area (Å²) in [5.41, 5.74) is 1.54. The second-order valence-corrected chi connectivity index (χ2v) is 3.62. The zero-order valence-corrected chi connectivity index (χ0v) is 7.59. The Morgan fingerprint density at radius 3 is 3.08 bits per heavy atom. The van der Waals surface area contributed by atoms with Crippen molar-refractivity contribution in [2.75, 3.05) is 20.1 Å². The molecule has 12 heavy (non-hydrogen) atoms. The van der Waals surface area contributed by atoms with Gasteiger partial charge in [0.2, 0.25) is 0 Å². The van der Waals surface area contributed by atoms with Gasteiger partial charge in [0.25, 0.3) is 0 Å². The molecular weight excluding hydrogens is 148 g/mol. The Labute approximate surface area is 73.9 Å². The van der Waals surface area contributed by atoms with Crippen LogP contribution in [-0.4, -0.2) is 31.1 Å². The summed E-state index contributed by atoms with van der Waals surface area (Å²) in [5.74, 6) is 0. The van der Waals surface area contributed by atoms with Gasteiger partial charge in [-0.3, -0.25) is 4.90 Å². The first-order chi connectivity index (χ1) is 5.88. The number of likely N-dealkylation sites (tertiary alicyclic amines) is 1. The van der Waals surface area contributed by atoms with Crippen LogP contribution in [0, 0.1) is 0 Å². The van der Waals surface area contributed by atoms with E-state index in [0.717, 1.165) is 6.54 Å². The Balaban J connectivity index is 2.07. The number of dihydropyridines is 1. The minimum Gasteiger partial charge on any atom is -0.387 e. The quantitative estimate of drug-likeness (QED) is 0.625. The third-order valence-corrected chi connectivity index (χ3v) is 2.78. The first-order valence-electron chi connectivity index (χ1n) is 4.67. The highest BCUT2D eigenvalue weighted by Crippen LogP contribution is 2.22. The van der Waals surface area contributed by atoms with Crippen molar-refractivity contribution >= 4 is 0 Å². The van der Waals surface area contributed by atoms with E-state index >= 15 is 0 Å². The van der Waals surface area contributed by atoms with Gasteiger partial charge >= 0.3 is 0 Å². The molecule has 2 nitrogen and oxygen atoms in total. The van der Waals surface area contributed by atoms with Crippen LogP contribution in [0.25, 0.3) is 0 Å². The van der Waals surface area contributed by atoms with E-state index in [0.29, 0.717) is 6.04 Å². The lowest BCUT2D eigenvalue weighted by atomic mass is 10.0. The van der Waals surface area contributed by atoms with E-state index in [-0.39, 0.29) is 0 Å². The summed E-state index contributed by atoms with van der Waals surface area (Å²) in [6.45, 7) is 2.29. The van der Waals surface area contributed by atoms with Crippen LogP contribution in [0.2, 0.25) is 0 Å². The molecule has 0 amide bonds. The number of likely N-dealkylation sites (N-methyl/N-ethyl adjacent to an activating group) is 1. The third-order valence-electron chi connectivity index (χ3n) is 2.78. The van der Waals surface area contributed by atoms with Gasteiger partial charge in [-0.15, -0.1) is 0 Å². The summed E-state index contributed by atoms with van der Waals surface area (Å²) in [7, 11) is 2.22. The molecule has 1 fully saturated rings. The van der Waals surface area contributed by atoms with Gasteiger partial charge in [0, 0.05) is 12.6 Å². The van der Waals surface area contributed by atoms with Gasteiger partial charge in [0.05, 0.1) is 0 Å². The molecule has 1 N–H and O–H groups in total. The standard InChI is InChI=1S/C10H16N2/c1-12-7-3-5-10(12)9-4-2-6-11-8-9/h2,4,6,10-11H,3,5,7-8H2,1H3. The van der Waals surface area contributed by atoms with Gasteiger partial charge in [-0.2, -0.15) is 0 Å².